The third kappa shape index (κ3) is 5.12. The van der Waals surface area contributed by atoms with Crippen LogP contribution < -0.4 is 25.0 Å². The number of fused-ring (bicyclic) bond motifs is 1. The van der Waals surface area contributed by atoms with Gasteiger partial charge in [0.05, 0.1) is 49.9 Å². The first-order chi connectivity index (χ1) is 18.7. The Bertz CT molecular complexity index is 1490. The Morgan fingerprint density at radius 2 is 1.56 bits per heavy atom. The number of rotatable bonds is 8. The molecule has 0 unspecified atom stereocenters. The molecule has 1 aliphatic heterocycles. The fourth-order valence-corrected chi connectivity index (χ4v) is 4.63. The van der Waals surface area contributed by atoms with Crippen LogP contribution >= 0.6 is 0 Å². The van der Waals surface area contributed by atoms with Gasteiger partial charge in [0.1, 0.15) is 17.2 Å². The summed E-state index contributed by atoms with van der Waals surface area (Å²) in [6.07, 6.45) is 1.73. The number of nitrogens with zero attached hydrogens (tertiary/aromatic N) is 2. The molecule has 8 nitrogen and oxygen atoms in total. The van der Waals surface area contributed by atoms with E-state index in [1.165, 1.54) is 0 Å². The molecule has 39 heavy (non-hydrogen) atoms. The number of hydrogen-bond donors (Lipinski definition) is 1. The maximum absolute atomic E-state index is 6.28. The smallest absolute Gasteiger partial charge is 0.494 e. The number of ether oxygens (including phenoxy) is 3. The van der Waals surface area contributed by atoms with Gasteiger partial charge in [-0.25, -0.2) is 0 Å². The molecule has 5 rings (SSSR count). The van der Waals surface area contributed by atoms with E-state index in [9.17, 15) is 0 Å². The third-order valence-corrected chi connectivity index (χ3v) is 7.66. The fourth-order valence-electron chi connectivity index (χ4n) is 4.63. The molecular formula is C30H34BN3O5. The fraction of sp³-hybridized carbons (Fsp3) is 0.333. The predicted molar refractivity (Wildman–Crippen MR) is 154 cm³/mol. The zero-order chi connectivity index (χ0) is 27.8. The van der Waals surface area contributed by atoms with Crippen LogP contribution in [0.2, 0.25) is 0 Å². The van der Waals surface area contributed by atoms with Gasteiger partial charge >= 0.3 is 7.12 Å². The van der Waals surface area contributed by atoms with Crippen LogP contribution in [0.15, 0.2) is 60.8 Å². The molecule has 2 heterocycles. The normalized spacial score (nSPS) is 15.8. The van der Waals surface area contributed by atoms with Gasteiger partial charge in [0.2, 0.25) is 0 Å². The maximum atomic E-state index is 6.28. The van der Waals surface area contributed by atoms with Gasteiger partial charge in [-0.15, -0.1) is 0 Å². The molecule has 0 atom stereocenters. The molecule has 4 aromatic rings. The first-order valence-electron chi connectivity index (χ1n) is 12.9. The van der Waals surface area contributed by atoms with Crippen LogP contribution in [0.25, 0.3) is 22.0 Å². The van der Waals surface area contributed by atoms with Crippen molar-refractivity contribution in [1.29, 1.82) is 0 Å². The first kappa shape index (κ1) is 26.8. The first-order valence-corrected chi connectivity index (χ1v) is 12.9. The predicted octanol–water partition coefficient (Wildman–Crippen LogP) is 5.23. The Morgan fingerprint density at radius 3 is 2.26 bits per heavy atom. The molecule has 0 spiro atoms. The summed E-state index contributed by atoms with van der Waals surface area (Å²) in [6.45, 7) is 8.76. The lowest BCUT2D eigenvalue weighted by molar-refractivity contribution is 0.00578. The second-order valence-corrected chi connectivity index (χ2v) is 10.6. The quantitative estimate of drug-likeness (QED) is 0.312. The summed E-state index contributed by atoms with van der Waals surface area (Å²) in [4.78, 5) is 0. The minimum Gasteiger partial charge on any atom is -0.497 e. The van der Waals surface area contributed by atoms with Crippen LogP contribution in [-0.2, 0) is 15.9 Å². The minimum atomic E-state index is -0.467. The number of anilines is 1. The van der Waals surface area contributed by atoms with E-state index in [-0.39, 0.29) is 0 Å². The highest BCUT2D eigenvalue weighted by atomic mass is 16.7. The van der Waals surface area contributed by atoms with Gasteiger partial charge in [0.25, 0.3) is 0 Å². The number of benzene rings is 3. The molecule has 1 aromatic heterocycles. The average Bonchev–Trinajstić information content (AvgIpc) is 3.17. The van der Waals surface area contributed by atoms with Crippen molar-refractivity contribution in [3.8, 4) is 28.4 Å². The number of methoxy groups -OCH3 is 3. The van der Waals surface area contributed by atoms with E-state index in [1.807, 2.05) is 42.5 Å². The van der Waals surface area contributed by atoms with Gasteiger partial charge in [0.15, 0.2) is 0 Å². The number of aromatic nitrogens is 2. The largest absolute Gasteiger partial charge is 0.497 e. The van der Waals surface area contributed by atoms with Crippen LogP contribution in [0.3, 0.4) is 0 Å². The summed E-state index contributed by atoms with van der Waals surface area (Å²) < 4.78 is 29.1. The highest BCUT2D eigenvalue weighted by Gasteiger charge is 2.51. The van der Waals surface area contributed by atoms with E-state index >= 15 is 0 Å². The van der Waals surface area contributed by atoms with Crippen LogP contribution in [0.5, 0.6) is 17.2 Å². The Hall–Kier alpha value is -3.82. The molecule has 1 fully saturated rings. The molecule has 1 aliphatic rings. The van der Waals surface area contributed by atoms with E-state index in [0.29, 0.717) is 6.54 Å². The molecule has 3 aromatic carbocycles. The van der Waals surface area contributed by atoms with E-state index in [2.05, 4.69) is 55.3 Å². The summed E-state index contributed by atoms with van der Waals surface area (Å²) in [5, 5.41) is 13.1. The molecule has 1 N–H and O–H groups in total. The van der Waals surface area contributed by atoms with Crippen molar-refractivity contribution >= 4 is 29.2 Å². The molecule has 0 bridgehead atoms. The third-order valence-electron chi connectivity index (χ3n) is 7.66. The second-order valence-electron chi connectivity index (χ2n) is 10.6. The molecule has 0 radical (unpaired) electrons. The van der Waals surface area contributed by atoms with Gasteiger partial charge in [-0.05, 0) is 69.1 Å². The molecule has 9 heteroatoms. The van der Waals surface area contributed by atoms with Crippen molar-refractivity contribution in [2.75, 3.05) is 26.6 Å². The average molecular weight is 527 g/mol. The standard InChI is InChI=1S/C30H34BN3O5/c1-29(2)30(3,4)39-31(38-29)21-10-13-27(36-6)24(15-21)19-9-12-23-25(14-19)34-33-18-26(23)32-17-20-8-11-22(35-5)16-28(20)37-7/h8-16,18H,17H2,1-7H3,(H,32,34). The number of hydrogen-bond acceptors (Lipinski definition) is 8. The van der Waals surface area contributed by atoms with Gasteiger partial charge in [-0.3, -0.25) is 0 Å². The number of nitrogens with one attached hydrogen (secondary N) is 1. The van der Waals surface area contributed by atoms with E-state index in [0.717, 1.165) is 56.0 Å². The zero-order valence-electron chi connectivity index (χ0n) is 23.5. The van der Waals surface area contributed by atoms with Crippen molar-refractivity contribution in [2.24, 2.45) is 0 Å². The van der Waals surface area contributed by atoms with Crippen molar-refractivity contribution in [2.45, 2.75) is 45.4 Å². The van der Waals surface area contributed by atoms with Crippen LogP contribution in [0.1, 0.15) is 33.3 Å². The van der Waals surface area contributed by atoms with Crippen LogP contribution in [-0.4, -0.2) is 49.8 Å². The topological polar surface area (TPSA) is 84.0 Å². The molecule has 1 saturated heterocycles. The Balaban J connectivity index is 1.44. The van der Waals surface area contributed by atoms with Gasteiger partial charge in [-0.1, -0.05) is 18.2 Å². The van der Waals surface area contributed by atoms with E-state index < -0.39 is 18.3 Å². The molecule has 0 amide bonds. The Labute approximate surface area is 229 Å². The van der Waals surface area contributed by atoms with Crippen molar-refractivity contribution in [3.05, 3.63) is 66.4 Å². The molecule has 0 aliphatic carbocycles. The van der Waals surface area contributed by atoms with Gasteiger partial charge < -0.3 is 28.8 Å². The second kappa shape index (κ2) is 10.4. The lowest BCUT2D eigenvalue weighted by Gasteiger charge is -2.32. The Morgan fingerprint density at radius 1 is 0.821 bits per heavy atom. The van der Waals surface area contributed by atoms with Crippen LogP contribution in [0, 0.1) is 0 Å². The van der Waals surface area contributed by atoms with Crippen molar-refractivity contribution < 1.29 is 23.5 Å². The SMILES string of the molecule is COc1ccc(CNc2cnnc3cc(-c4cc(B5OC(C)(C)C(C)(C)O5)ccc4OC)ccc23)c(OC)c1. The van der Waals surface area contributed by atoms with Gasteiger partial charge in [-0.2, -0.15) is 10.2 Å². The minimum absolute atomic E-state index is 0.421. The molecule has 202 valence electrons. The van der Waals surface area contributed by atoms with E-state index in [1.54, 1.807) is 27.5 Å². The van der Waals surface area contributed by atoms with Gasteiger partial charge in [0, 0.05) is 29.1 Å². The van der Waals surface area contributed by atoms with E-state index in [4.69, 9.17) is 23.5 Å². The summed E-state index contributed by atoms with van der Waals surface area (Å²) in [6, 6.07) is 17.9. The highest BCUT2D eigenvalue weighted by molar-refractivity contribution is 6.62. The van der Waals surface area contributed by atoms with Crippen LogP contribution in [0.4, 0.5) is 5.69 Å². The lowest BCUT2D eigenvalue weighted by atomic mass is 9.77. The molecule has 0 saturated carbocycles. The molecular weight excluding hydrogens is 493 g/mol. The zero-order valence-corrected chi connectivity index (χ0v) is 23.5. The lowest BCUT2D eigenvalue weighted by Crippen LogP contribution is -2.41. The maximum Gasteiger partial charge on any atom is 0.494 e. The monoisotopic (exact) mass is 527 g/mol. The highest BCUT2D eigenvalue weighted by Crippen LogP contribution is 2.38. The Kier molecular flexibility index (Phi) is 7.14. The van der Waals surface area contributed by atoms with Crippen molar-refractivity contribution in [3.63, 3.8) is 0 Å². The summed E-state index contributed by atoms with van der Waals surface area (Å²) in [5.41, 5.74) is 4.62. The summed E-state index contributed by atoms with van der Waals surface area (Å²) >= 11 is 0. The summed E-state index contributed by atoms with van der Waals surface area (Å²) in [7, 11) is 4.49. The summed E-state index contributed by atoms with van der Waals surface area (Å²) in [5.74, 6) is 2.25. The van der Waals surface area contributed by atoms with Crippen molar-refractivity contribution in [1.82, 2.24) is 10.2 Å².